The highest BCUT2D eigenvalue weighted by Crippen LogP contribution is 2.27. The maximum Gasteiger partial charge on any atom is 0.225 e. The van der Waals surface area contributed by atoms with Crippen LogP contribution in [0, 0.1) is 0 Å². The van der Waals surface area contributed by atoms with Gasteiger partial charge in [-0.25, -0.2) is 0 Å². The molecule has 1 aromatic carbocycles. The number of ether oxygens (including phenoxy) is 1. The van der Waals surface area contributed by atoms with Gasteiger partial charge in [0.15, 0.2) is 0 Å². The molecule has 2 amide bonds. The van der Waals surface area contributed by atoms with Crippen LogP contribution in [0.4, 0.5) is 11.4 Å². The first-order chi connectivity index (χ1) is 8.56. The summed E-state index contributed by atoms with van der Waals surface area (Å²) in [6, 6.07) is 4.99. The van der Waals surface area contributed by atoms with Crippen LogP contribution in [0.25, 0.3) is 0 Å². The molecule has 106 valence electrons. The van der Waals surface area contributed by atoms with Crippen LogP contribution in [0.5, 0.6) is 5.75 Å². The van der Waals surface area contributed by atoms with Crippen LogP contribution in [0.2, 0.25) is 0 Å². The fourth-order valence-corrected chi connectivity index (χ4v) is 1.42. The normalized spacial score (nSPS) is 9.21. The van der Waals surface area contributed by atoms with Gasteiger partial charge in [-0.1, -0.05) is 0 Å². The summed E-state index contributed by atoms with van der Waals surface area (Å²) in [7, 11) is 1.49. The lowest BCUT2D eigenvalue weighted by Gasteiger charge is -2.11. The highest BCUT2D eigenvalue weighted by Gasteiger charge is 2.07. The Morgan fingerprint density at radius 3 is 2.53 bits per heavy atom. The van der Waals surface area contributed by atoms with Crippen molar-refractivity contribution < 1.29 is 14.3 Å². The van der Waals surface area contributed by atoms with Crippen LogP contribution in [-0.4, -0.2) is 25.5 Å². The maximum absolute atomic E-state index is 11.4. The summed E-state index contributed by atoms with van der Waals surface area (Å²) < 4.78 is 5.14. The average molecular weight is 288 g/mol. The topological polar surface area (TPSA) is 93.4 Å². The minimum Gasteiger partial charge on any atom is -0.494 e. The van der Waals surface area contributed by atoms with Crippen LogP contribution < -0.4 is 21.1 Å². The van der Waals surface area contributed by atoms with Crippen LogP contribution in [0.1, 0.15) is 13.3 Å². The van der Waals surface area contributed by atoms with Gasteiger partial charge in [-0.2, -0.15) is 0 Å². The molecule has 1 aromatic rings. The van der Waals surface area contributed by atoms with Gasteiger partial charge in [-0.05, 0) is 12.1 Å². The summed E-state index contributed by atoms with van der Waals surface area (Å²) in [6.45, 7) is 1.71. The number of benzene rings is 1. The zero-order valence-electron chi connectivity index (χ0n) is 10.9. The zero-order valence-corrected chi connectivity index (χ0v) is 11.7. The molecule has 0 saturated carbocycles. The second kappa shape index (κ2) is 8.34. The second-order valence-corrected chi connectivity index (χ2v) is 3.68. The number of halogens is 1. The van der Waals surface area contributed by atoms with E-state index in [1.807, 2.05) is 0 Å². The molecule has 0 spiro atoms. The first kappa shape index (κ1) is 17.2. The Kier molecular flexibility index (Phi) is 7.55. The van der Waals surface area contributed by atoms with Crippen molar-refractivity contribution in [2.75, 3.05) is 24.3 Å². The lowest BCUT2D eigenvalue weighted by atomic mass is 10.2. The fraction of sp³-hybridized carbons (Fsp3) is 0.333. The minimum atomic E-state index is -0.187. The lowest BCUT2D eigenvalue weighted by molar-refractivity contribution is -0.116. The van der Waals surface area contributed by atoms with Crippen molar-refractivity contribution >= 4 is 35.6 Å². The molecule has 7 heteroatoms. The van der Waals surface area contributed by atoms with Crippen molar-refractivity contribution in [2.24, 2.45) is 5.73 Å². The Hall–Kier alpha value is -1.79. The van der Waals surface area contributed by atoms with Crippen molar-refractivity contribution in [1.82, 2.24) is 0 Å². The zero-order chi connectivity index (χ0) is 13.5. The lowest BCUT2D eigenvalue weighted by Crippen LogP contribution is -2.16. The standard InChI is InChI=1S/C12H17N3O3.ClH/c1-8(16)14-10-4-3-9(7-11(10)18-2)15-12(17)5-6-13;/h3-4,7H,5-6,13H2,1-2H3,(H,14,16)(H,15,17);1H. The highest BCUT2D eigenvalue weighted by molar-refractivity contribution is 5.93. The molecule has 0 aromatic heterocycles. The Morgan fingerprint density at radius 1 is 1.32 bits per heavy atom. The van der Waals surface area contributed by atoms with E-state index in [2.05, 4.69) is 10.6 Å². The number of anilines is 2. The van der Waals surface area contributed by atoms with Gasteiger partial charge in [0.05, 0.1) is 12.8 Å². The molecule has 0 aliphatic heterocycles. The minimum absolute atomic E-state index is 0. The van der Waals surface area contributed by atoms with Gasteiger partial charge in [-0.3, -0.25) is 9.59 Å². The van der Waals surface area contributed by atoms with Gasteiger partial charge in [0.1, 0.15) is 5.75 Å². The molecule has 0 radical (unpaired) electrons. The van der Waals surface area contributed by atoms with E-state index in [-0.39, 0.29) is 30.6 Å². The molecule has 6 nitrogen and oxygen atoms in total. The Bertz CT molecular complexity index is 452. The molecule has 0 heterocycles. The van der Waals surface area contributed by atoms with Crippen molar-refractivity contribution in [3.05, 3.63) is 18.2 Å². The molecule has 0 saturated heterocycles. The third kappa shape index (κ3) is 5.58. The van der Waals surface area contributed by atoms with E-state index in [0.717, 1.165) is 0 Å². The molecule has 0 bridgehead atoms. The number of hydrogen-bond donors (Lipinski definition) is 3. The second-order valence-electron chi connectivity index (χ2n) is 3.68. The van der Waals surface area contributed by atoms with Crippen LogP contribution in [-0.2, 0) is 9.59 Å². The van der Waals surface area contributed by atoms with Crippen LogP contribution >= 0.6 is 12.4 Å². The predicted molar refractivity (Wildman–Crippen MR) is 76.8 cm³/mol. The van der Waals surface area contributed by atoms with Crippen molar-refractivity contribution in [1.29, 1.82) is 0 Å². The number of hydrogen-bond acceptors (Lipinski definition) is 4. The molecule has 19 heavy (non-hydrogen) atoms. The monoisotopic (exact) mass is 287 g/mol. The van der Waals surface area contributed by atoms with E-state index >= 15 is 0 Å². The third-order valence-corrected chi connectivity index (χ3v) is 2.17. The summed E-state index contributed by atoms with van der Waals surface area (Å²) in [5, 5.41) is 5.32. The van der Waals surface area contributed by atoms with Crippen molar-refractivity contribution in [3.63, 3.8) is 0 Å². The molecule has 0 atom stereocenters. The number of carbonyl (C=O) groups excluding carboxylic acids is 2. The average Bonchev–Trinajstić information content (AvgIpc) is 2.30. The number of carbonyl (C=O) groups is 2. The van der Waals surface area contributed by atoms with E-state index in [1.54, 1.807) is 18.2 Å². The van der Waals surface area contributed by atoms with Crippen molar-refractivity contribution in [2.45, 2.75) is 13.3 Å². The van der Waals surface area contributed by atoms with E-state index in [9.17, 15) is 9.59 Å². The van der Waals surface area contributed by atoms with E-state index in [1.165, 1.54) is 14.0 Å². The molecule has 0 aliphatic rings. The van der Waals surface area contributed by atoms with Gasteiger partial charge >= 0.3 is 0 Å². The van der Waals surface area contributed by atoms with E-state index in [4.69, 9.17) is 10.5 Å². The molecule has 0 aliphatic carbocycles. The van der Waals surface area contributed by atoms with Gasteiger partial charge in [-0.15, -0.1) is 12.4 Å². The third-order valence-electron chi connectivity index (χ3n) is 2.17. The number of rotatable bonds is 5. The molecular weight excluding hydrogens is 270 g/mol. The molecule has 0 fully saturated rings. The summed E-state index contributed by atoms with van der Waals surface area (Å²) in [5.74, 6) is 0.135. The Balaban J connectivity index is 0.00000324. The Morgan fingerprint density at radius 2 is 2.00 bits per heavy atom. The quantitative estimate of drug-likeness (QED) is 0.762. The van der Waals surface area contributed by atoms with Gasteiger partial charge in [0.2, 0.25) is 11.8 Å². The van der Waals surface area contributed by atoms with E-state index in [0.29, 0.717) is 23.7 Å². The van der Waals surface area contributed by atoms with Crippen molar-refractivity contribution in [3.8, 4) is 5.75 Å². The highest BCUT2D eigenvalue weighted by atomic mass is 35.5. The number of nitrogens with two attached hydrogens (primary N) is 1. The molecule has 1 rings (SSSR count). The van der Waals surface area contributed by atoms with Crippen LogP contribution in [0.15, 0.2) is 18.2 Å². The smallest absolute Gasteiger partial charge is 0.225 e. The first-order valence-corrected chi connectivity index (χ1v) is 5.52. The predicted octanol–water partition coefficient (Wildman–Crippen LogP) is 1.36. The molecular formula is C12H18ClN3O3. The number of nitrogens with one attached hydrogen (secondary N) is 2. The molecule has 0 unspecified atom stereocenters. The largest absolute Gasteiger partial charge is 0.494 e. The SMILES string of the molecule is COc1cc(NC(=O)CCN)ccc1NC(C)=O.Cl. The fourth-order valence-electron chi connectivity index (χ4n) is 1.42. The summed E-state index contributed by atoms with van der Waals surface area (Å²) in [6.07, 6.45) is 0.260. The Labute approximate surface area is 118 Å². The number of amides is 2. The van der Waals surface area contributed by atoms with E-state index < -0.39 is 0 Å². The van der Waals surface area contributed by atoms with Gasteiger partial charge in [0.25, 0.3) is 0 Å². The maximum atomic E-state index is 11.4. The summed E-state index contributed by atoms with van der Waals surface area (Å²) in [4.78, 5) is 22.4. The first-order valence-electron chi connectivity index (χ1n) is 5.52. The van der Waals surface area contributed by atoms with Crippen LogP contribution in [0.3, 0.4) is 0 Å². The van der Waals surface area contributed by atoms with Gasteiger partial charge < -0.3 is 21.1 Å². The molecule has 4 N–H and O–H groups in total. The summed E-state index contributed by atoms with van der Waals surface area (Å²) in [5.41, 5.74) is 6.44. The van der Waals surface area contributed by atoms with Gasteiger partial charge in [0, 0.05) is 31.6 Å². The summed E-state index contributed by atoms with van der Waals surface area (Å²) >= 11 is 0. The number of methoxy groups -OCH3 is 1.